The summed E-state index contributed by atoms with van der Waals surface area (Å²) in [7, 11) is 1.44. The van der Waals surface area contributed by atoms with Gasteiger partial charge in [0.25, 0.3) is 5.91 Å². The van der Waals surface area contributed by atoms with Crippen LogP contribution in [0.2, 0.25) is 5.02 Å². The van der Waals surface area contributed by atoms with Gasteiger partial charge in [0.1, 0.15) is 11.6 Å². The number of amides is 1. The third-order valence-corrected chi connectivity index (χ3v) is 3.19. The normalized spacial score (nSPS) is 9.95. The first kappa shape index (κ1) is 16.2. The molecular formula is C15H12ClFN2O2S. The minimum absolute atomic E-state index is 0.0304. The van der Waals surface area contributed by atoms with Crippen LogP contribution in [-0.2, 0) is 0 Å². The topological polar surface area (TPSA) is 50.4 Å². The van der Waals surface area contributed by atoms with Crippen LogP contribution in [0.4, 0.5) is 10.1 Å². The third-order valence-electron chi connectivity index (χ3n) is 2.76. The van der Waals surface area contributed by atoms with Gasteiger partial charge in [0.05, 0.1) is 18.4 Å². The zero-order valence-corrected chi connectivity index (χ0v) is 13.1. The minimum atomic E-state index is -0.506. The number of para-hydroxylation sites is 1. The maximum Gasteiger partial charge on any atom is 0.261 e. The molecule has 0 aliphatic heterocycles. The number of hydrogen-bond donors (Lipinski definition) is 2. The summed E-state index contributed by atoms with van der Waals surface area (Å²) >= 11 is 10.9. The summed E-state index contributed by atoms with van der Waals surface area (Å²) in [4.78, 5) is 12.2. The van der Waals surface area contributed by atoms with Crippen LogP contribution < -0.4 is 15.4 Å². The van der Waals surface area contributed by atoms with Gasteiger partial charge in [-0.2, -0.15) is 0 Å². The van der Waals surface area contributed by atoms with Crippen LogP contribution in [0.25, 0.3) is 0 Å². The van der Waals surface area contributed by atoms with E-state index in [1.807, 2.05) is 0 Å². The first-order chi connectivity index (χ1) is 10.5. The van der Waals surface area contributed by atoms with Gasteiger partial charge in [0.2, 0.25) is 0 Å². The molecule has 2 aromatic carbocycles. The molecule has 0 fully saturated rings. The minimum Gasteiger partial charge on any atom is -0.496 e. The highest BCUT2D eigenvalue weighted by molar-refractivity contribution is 7.80. The lowest BCUT2D eigenvalue weighted by Crippen LogP contribution is -2.34. The van der Waals surface area contributed by atoms with Gasteiger partial charge >= 0.3 is 0 Å². The van der Waals surface area contributed by atoms with E-state index in [0.717, 1.165) is 0 Å². The van der Waals surface area contributed by atoms with E-state index in [1.54, 1.807) is 24.3 Å². The van der Waals surface area contributed by atoms with Gasteiger partial charge in [-0.05, 0) is 42.5 Å². The highest BCUT2D eigenvalue weighted by Crippen LogP contribution is 2.22. The molecule has 0 spiro atoms. The molecule has 2 aromatic rings. The van der Waals surface area contributed by atoms with Gasteiger partial charge in [-0.3, -0.25) is 10.1 Å². The van der Waals surface area contributed by atoms with E-state index >= 15 is 0 Å². The van der Waals surface area contributed by atoms with Crippen LogP contribution >= 0.6 is 23.8 Å². The van der Waals surface area contributed by atoms with Gasteiger partial charge in [-0.25, -0.2) is 4.39 Å². The van der Waals surface area contributed by atoms with Crippen LogP contribution in [0.5, 0.6) is 5.75 Å². The van der Waals surface area contributed by atoms with Crippen molar-refractivity contribution in [3.63, 3.8) is 0 Å². The second-order valence-electron chi connectivity index (χ2n) is 4.23. The Morgan fingerprint density at radius 3 is 2.68 bits per heavy atom. The van der Waals surface area contributed by atoms with Crippen molar-refractivity contribution in [2.24, 2.45) is 0 Å². The molecule has 0 saturated heterocycles. The molecule has 0 atom stereocenters. The smallest absolute Gasteiger partial charge is 0.261 e. The fourth-order valence-corrected chi connectivity index (χ4v) is 2.12. The Bertz CT molecular complexity index is 724. The molecular weight excluding hydrogens is 327 g/mol. The van der Waals surface area contributed by atoms with Crippen LogP contribution in [0.1, 0.15) is 10.4 Å². The maximum atomic E-state index is 13.5. The second kappa shape index (κ2) is 7.20. The molecule has 7 heteroatoms. The molecule has 0 aliphatic rings. The summed E-state index contributed by atoms with van der Waals surface area (Å²) < 4.78 is 18.6. The quantitative estimate of drug-likeness (QED) is 0.839. The van der Waals surface area contributed by atoms with Crippen molar-refractivity contribution in [2.45, 2.75) is 0 Å². The van der Waals surface area contributed by atoms with E-state index in [9.17, 15) is 9.18 Å². The standard InChI is InChI=1S/C15H12ClFN2O2S/c1-21-13-7-6-9(16)8-10(13)14(20)19-15(22)18-12-5-3-2-4-11(12)17/h2-8H,1H3,(H2,18,19,20,22). The van der Waals surface area contributed by atoms with E-state index in [0.29, 0.717) is 10.8 Å². The number of rotatable bonds is 3. The number of nitrogens with one attached hydrogen (secondary N) is 2. The first-order valence-corrected chi connectivity index (χ1v) is 7.00. The highest BCUT2D eigenvalue weighted by atomic mass is 35.5. The SMILES string of the molecule is COc1ccc(Cl)cc1C(=O)NC(=S)Nc1ccccc1F. The lowest BCUT2D eigenvalue weighted by atomic mass is 10.2. The third kappa shape index (κ3) is 3.93. The highest BCUT2D eigenvalue weighted by Gasteiger charge is 2.14. The Hall–Kier alpha value is -2.18. The van der Waals surface area contributed by atoms with Crippen molar-refractivity contribution in [1.29, 1.82) is 0 Å². The molecule has 22 heavy (non-hydrogen) atoms. The Kier molecular flexibility index (Phi) is 5.30. The van der Waals surface area contributed by atoms with E-state index in [2.05, 4.69) is 10.6 Å². The largest absolute Gasteiger partial charge is 0.496 e. The Balaban J connectivity index is 2.10. The number of methoxy groups -OCH3 is 1. The zero-order valence-electron chi connectivity index (χ0n) is 11.5. The Labute approximate surface area is 137 Å². The van der Waals surface area contributed by atoms with Crippen molar-refractivity contribution < 1.29 is 13.9 Å². The summed E-state index contributed by atoms with van der Waals surface area (Å²) in [6.07, 6.45) is 0. The predicted molar refractivity (Wildman–Crippen MR) is 88.1 cm³/mol. The molecule has 0 aromatic heterocycles. The zero-order chi connectivity index (χ0) is 16.1. The van der Waals surface area contributed by atoms with Crippen molar-refractivity contribution in [3.8, 4) is 5.75 Å². The van der Waals surface area contributed by atoms with E-state index < -0.39 is 11.7 Å². The molecule has 0 radical (unpaired) electrons. The number of benzene rings is 2. The van der Waals surface area contributed by atoms with Gasteiger partial charge in [-0.1, -0.05) is 23.7 Å². The lowest BCUT2D eigenvalue weighted by molar-refractivity contribution is 0.0975. The van der Waals surface area contributed by atoms with Gasteiger partial charge in [0, 0.05) is 5.02 Å². The number of carbonyl (C=O) groups excluding carboxylic acids is 1. The molecule has 114 valence electrons. The Morgan fingerprint density at radius 1 is 1.27 bits per heavy atom. The molecule has 0 bridgehead atoms. The van der Waals surface area contributed by atoms with Crippen molar-refractivity contribution >= 4 is 40.5 Å². The first-order valence-electron chi connectivity index (χ1n) is 6.21. The molecule has 0 heterocycles. The molecule has 0 saturated carbocycles. The van der Waals surface area contributed by atoms with Crippen LogP contribution in [0, 0.1) is 5.82 Å². The van der Waals surface area contributed by atoms with Crippen molar-refractivity contribution in [2.75, 3.05) is 12.4 Å². The number of thiocarbonyl (C=S) groups is 1. The average Bonchev–Trinajstić information content (AvgIpc) is 2.49. The molecule has 4 nitrogen and oxygen atoms in total. The molecule has 0 aliphatic carbocycles. The average molecular weight is 339 g/mol. The van der Waals surface area contributed by atoms with E-state index in [1.165, 1.54) is 25.3 Å². The van der Waals surface area contributed by atoms with E-state index in [-0.39, 0.29) is 16.4 Å². The number of ether oxygens (including phenoxy) is 1. The summed E-state index contributed by atoms with van der Waals surface area (Å²) in [5.41, 5.74) is 0.401. The fraction of sp³-hybridized carbons (Fsp3) is 0.0667. The predicted octanol–water partition coefficient (Wildman–Crippen LogP) is 3.61. The second-order valence-corrected chi connectivity index (χ2v) is 5.08. The lowest BCUT2D eigenvalue weighted by Gasteiger charge is -2.12. The van der Waals surface area contributed by atoms with Crippen molar-refractivity contribution in [3.05, 3.63) is 58.9 Å². The van der Waals surface area contributed by atoms with Crippen LogP contribution in [0.3, 0.4) is 0 Å². The van der Waals surface area contributed by atoms with Gasteiger partial charge < -0.3 is 10.1 Å². The molecule has 1 amide bonds. The number of hydrogen-bond acceptors (Lipinski definition) is 3. The number of carbonyl (C=O) groups is 1. The van der Waals surface area contributed by atoms with E-state index in [4.69, 9.17) is 28.6 Å². The fourth-order valence-electron chi connectivity index (χ4n) is 1.74. The molecule has 2 N–H and O–H groups in total. The number of halogens is 2. The summed E-state index contributed by atoms with van der Waals surface area (Å²) in [5, 5.41) is 5.42. The summed E-state index contributed by atoms with van der Waals surface area (Å²) in [6, 6.07) is 10.6. The maximum absolute atomic E-state index is 13.5. The van der Waals surface area contributed by atoms with Crippen molar-refractivity contribution in [1.82, 2.24) is 5.32 Å². The molecule has 0 unspecified atom stereocenters. The van der Waals surface area contributed by atoms with Crippen LogP contribution in [0.15, 0.2) is 42.5 Å². The Morgan fingerprint density at radius 2 is 2.00 bits per heavy atom. The monoisotopic (exact) mass is 338 g/mol. The van der Waals surface area contributed by atoms with Crippen LogP contribution in [-0.4, -0.2) is 18.1 Å². The number of anilines is 1. The molecule has 2 rings (SSSR count). The van der Waals surface area contributed by atoms with Gasteiger partial charge in [0.15, 0.2) is 5.11 Å². The summed E-state index contributed by atoms with van der Waals surface area (Å²) in [5.74, 6) is -0.622. The summed E-state index contributed by atoms with van der Waals surface area (Å²) in [6.45, 7) is 0. The van der Waals surface area contributed by atoms with Gasteiger partial charge in [-0.15, -0.1) is 0 Å².